The minimum absolute atomic E-state index is 0.537. The van der Waals surface area contributed by atoms with Crippen LogP contribution in [0.5, 0.6) is 0 Å². The fourth-order valence-electron chi connectivity index (χ4n) is 1.44. The zero-order chi connectivity index (χ0) is 12.3. The zero-order valence-corrected chi connectivity index (χ0v) is 13.3. The molecule has 0 aliphatic rings. The fourth-order valence-corrected chi connectivity index (χ4v) is 3.79. The van der Waals surface area contributed by atoms with E-state index in [1.807, 2.05) is 23.5 Å². The van der Waals surface area contributed by atoms with Crippen LogP contribution in [-0.2, 0) is 0 Å². The lowest BCUT2D eigenvalue weighted by Gasteiger charge is -2.16. The van der Waals surface area contributed by atoms with Crippen molar-refractivity contribution in [3.8, 4) is 0 Å². The Morgan fingerprint density at radius 1 is 1.29 bits per heavy atom. The Hall–Kier alpha value is 0.580. The topological polar surface area (TPSA) is 12.0 Å². The van der Waals surface area contributed by atoms with Gasteiger partial charge in [0.1, 0.15) is 0 Å². The van der Waals surface area contributed by atoms with Crippen molar-refractivity contribution in [2.24, 2.45) is 0 Å². The first-order valence-electron chi connectivity index (χ1n) is 5.59. The number of hydrogen-bond acceptors (Lipinski definition) is 5. The van der Waals surface area contributed by atoms with E-state index in [4.69, 9.17) is 0 Å². The Balaban J connectivity index is 2.28. The lowest BCUT2D eigenvalue weighted by Crippen LogP contribution is -2.24. The number of hydrogen-bond donors (Lipinski definition) is 2. The fraction of sp³-hybridized carbons (Fsp3) is 0.500. The molecule has 0 heterocycles. The summed E-state index contributed by atoms with van der Waals surface area (Å²) in [7, 11) is 1.43. The van der Waals surface area contributed by atoms with Crippen LogP contribution in [0.3, 0.4) is 0 Å². The van der Waals surface area contributed by atoms with Gasteiger partial charge >= 0.3 is 0 Å². The van der Waals surface area contributed by atoms with Crippen LogP contribution in [0, 0.1) is 0 Å². The maximum Gasteiger partial charge on any atom is 0.0274 e. The lowest BCUT2D eigenvalue weighted by atomic mass is 10.2. The van der Waals surface area contributed by atoms with Gasteiger partial charge in [0, 0.05) is 16.7 Å². The zero-order valence-electron chi connectivity index (χ0n) is 9.96. The molecule has 0 aliphatic carbocycles. The Bertz CT molecular complexity index is 281. The molecule has 1 atom stereocenters. The molecule has 1 nitrogen and oxygen atoms in total. The predicted octanol–water partition coefficient (Wildman–Crippen LogP) is 4.37. The van der Waals surface area contributed by atoms with E-state index in [0.717, 1.165) is 5.75 Å². The second-order valence-electron chi connectivity index (χ2n) is 3.67. The molecule has 0 aliphatic heterocycles. The molecule has 0 unspecified atom stereocenters. The van der Waals surface area contributed by atoms with E-state index in [-0.39, 0.29) is 0 Å². The SMILES string of the molecule is CSCCC[C@H](CSc1ccccc1)NSS. The van der Waals surface area contributed by atoms with Crippen molar-refractivity contribution in [2.75, 3.05) is 17.8 Å². The molecule has 0 saturated carbocycles. The monoisotopic (exact) mass is 305 g/mol. The molecule has 1 N–H and O–H groups in total. The molecular weight excluding hydrogens is 286 g/mol. The summed E-state index contributed by atoms with van der Waals surface area (Å²) in [6.45, 7) is 0. The molecule has 17 heavy (non-hydrogen) atoms. The van der Waals surface area contributed by atoms with Gasteiger partial charge < -0.3 is 0 Å². The molecule has 0 bridgehead atoms. The van der Waals surface area contributed by atoms with Crippen LogP contribution in [0.2, 0.25) is 0 Å². The first kappa shape index (κ1) is 15.6. The summed E-state index contributed by atoms with van der Waals surface area (Å²) < 4.78 is 3.36. The van der Waals surface area contributed by atoms with Crippen molar-refractivity contribution in [3.05, 3.63) is 30.3 Å². The standard InChI is InChI=1S/C12H19NS4/c1-15-9-5-6-11(13-17-14)10-16-12-7-3-2-4-8-12/h2-4,7-8,11,13-14H,5-6,9-10H2,1H3/t11-/m1/s1. The smallest absolute Gasteiger partial charge is 0.0274 e. The van der Waals surface area contributed by atoms with Gasteiger partial charge in [-0.2, -0.15) is 11.8 Å². The molecule has 0 radical (unpaired) electrons. The maximum atomic E-state index is 4.18. The van der Waals surface area contributed by atoms with Gasteiger partial charge in [0.25, 0.3) is 0 Å². The van der Waals surface area contributed by atoms with Crippen LogP contribution in [0.1, 0.15) is 12.8 Å². The van der Waals surface area contributed by atoms with Gasteiger partial charge in [0.2, 0.25) is 0 Å². The van der Waals surface area contributed by atoms with Crippen LogP contribution in [0.15, 0.2) is 35.2 Å². The van der Waals surface area contributed by atoms with E-state index < -0.39 is 0 Å². The maximum absolute atomic E-state index is 4.18. The van der Waals surface area contributed by atoms with Gasteiger partial charge in [-0.15, -0.1) is 11.8 Å². The van der Waals surface area contributed by atoms with E-state index >= 15 is 0 Å². The minimum atomic E-state index is 0.537. The number of thiol groups is 1. The molecule has 1 aromatic rings. The van der Waals surface area contributed by atoms with Crippen molar-refractivity contribution >= 4 is 46.2 Å². The Labute approximate surface area is 122 Å². The predicted molar refractivity (Wildman–Crippen MR) is 88.3 cm³/mol. The third kappa shape index (κ3) is 7.57. The molecule has 96 valence electrons. The van der Waals surface area contributed by atoms with Crippen LogP contribution < -0.4 is 4.72 Å². The summed E-state index contributed by atoms with van der Waals surface area (Å²) in [6, 6.07) is 11.1. The van der Waals surface area contributed by atoms with E-state index in [2.05, 4.69) is 53.0 Å². The first-order chi connectivity index (χ1) is 8.36. The Morgan fingerprint density at radius 2 is 2.06 bits per heavy atom. The summed E-state index contributed by atoms with van der Waals surface area (Å²) in [6.07, 6.45) is 4.64. The Morgan fingerprint density at radius 3 is 2.71 bits per heavy atom. The first-order valence-corrected chi connectivity index (χ1v) is 9.84. The normalized spacial score (nSPS) is 12.6. The van der Waals surface area contributed by atoms with E-state index in [0.29, 0.717) is 6.04 Å². The van der Waals surface area contributed by atoms with Crippen molar-refractivity contribution in [1.82, 2.24) is 4.72 Å². The molecule has 5 heteroatoms. The number of benzene rings is 1. The lowest BCUT2D eigenvalue weighted by molar-refractivity contribution is 0.631. The highest BCUT2D eigenvalue weighted by atomic mass is 33.1. The summed E-state index contributed by atoms with van der Waals surface area (Å²) in [5.41, 5.74) is 0. The molecule has 0 amide bonds. The Kier molecular flexibility index (Phi) is 9.66. The second-order valence-corrected chi connectivity index (χ2v) is 6.71. The quantitative estimate of drug-likeness (QED) is 0.231. The number of rotatable bonds is 9. The number of thioether (sulfide) groups is 2. The summed E-state index contributed by atoms with van der Waals surface area (Å²) >= 11 is 8.00. The highest BCUT2D eigenvalue weighted by Gasteiger charge is 2.08. The molecular formula is C12H19NS4. The van der Waals surface area contributed by atoms with Gasteiger partial charge in [0.15, 0.2) is 0 Å². The number of nitrogens with one attached hydrogen (secondary N) is 1. The van der Waals surface area contributed by atoms with Crippen LogP contribution in [0.25, 0.3) is 0 Å². The summed E-state index contributed by atoms with van der Waals surface area (Å²) in [5.74, 6) is 2.34. The highest BCUT2D eigenvalue weighted by Crippen LogP contribution is 2.20. The summed E-state index contributed by atoms with van der Waals surface area (Å²) in [4.78, 5) is 1.34. The average molecular weight is 306 g/mol. The van der Waals surface area contributed by atoms with E-state index in [1.165, 1.54) is 34.5 Å². The molecule has 1 rings (SSSR count). The average Bonchev–Trinajstić information content (AvgIpc) is 2.37. The van der Waals surface area contributed by atoms with Gasteiger partial charge in [-0.05, 0) is 48.0 Å². The minimum Gasteiger partial charge on any atom is -0.251 e. The highest BCUT2D eigenvalue weighted by molar-refractivity contribution is 8.67. The molecule has 1 aromatic carbocycles. The molecule has 0 spiro atoms. The van der Waals surface area contributed by atoms with Crippen LogP contribution >= 0.6 is 46.2 Å². The van der Waals surface area contributed by atoms with Gasteiger partial charge in [-0.25, -0.2) is 0 Å². The molecule has 0 fully saturated rings. The van der Waals surface area contributed by atoms with E-state index in [9.17, 15) is 0 Å². The third-order valence-electron chi connectivity index (χ3n) is 2.31. The van der Waals surface area contributed by atoms with Crippen molar-refractivity contribution < 1.29 is 0 Å². The van der Waals surface area contributed by atoms with Crippen LogP contribution in [-0.4, -0.2) is 23.8 Å². The largest absolute Gasteiger partial charge is 0.251 e. The van der Waals surface area contributed by atoms with Crippen molar-refractivity contribution in [3.63, 3.8) is 0 Å². The third-order valence-corrected chi connectivity index (χ3v) is 4.94. The molecule has 0 aromatic heterocycles. The van der Waals surface area contributed by atoms with Gasteiger partial charge in [0.05, 0.1) is 0 Å². The second kappa shape index (κ2) is 10.5. The molecule has 0 saturated heterocycles. The van der Waals surface area contributed by atoms with E-state index in [1.54, 1.807) is 0 Å². The van der Waals surface area contributed by atoms with Crippen molar-refractivity contribution in [2.45, 2.75) is 23.8 Å². The summed E-state index contributed by atoms with van der Waals surface area (Å²) in [5, 5.41) is 0. The van der Waals surface area contributed by atoms with Crippen LogP contribution in [0.4, 0.5) is 0 Å². The van der Waals surface area contributed by atoms with Crippen molar-refractivity contribution in [1.29, 1.82) is 0 Å². The van der Waals surface area contributed by atoms with Gasteiger partial charge in [-0.1, -0.05) is 29.9 Å². The van der Waals surface area contributed by atoms with Gasteiger partial charge in [-0.3, -0.25) is 4.72 Å².